The molecule has 29 N–H and O–H groups in total. The highest BCUT2D eigenvalue weighted by Gasteiger charge is 2.43. The molecular weight excluding hydrogens is 1110 g/mol. The smallest absolute Gasteiger partial charge is 0.340 e. The molecule has 36 nitrogen and oxygen atoms in total. The molecule has 2 rings (SSSR count). The molecule has 0 radical (unpaired) electrons. The Kier molecular flexibility index (Phi) is 54.0. The van der Waals surface area contributed by atoms with Crippen LogP contribution in [0, 0.1) is 11.4 Å². The van der Waals surface area contributed by atoms with Gasteiger partial charge in [-0.2, -0.15) is 5.53 Å². The summed E-state index contributed by atoms with van der Waals surface area (Å²) in [4.78, 5) is 56.9. The third-order valence-corrected chi connectivity index (χ3v) is 10.9. The third-order valence-electron chi connectivity index (χ3n) is 10.9. The van der Waals surface area contributed by atoms with E-state index in [-0.39, 0.29) is 59.3 Å². The second-order valence-electron chi connectivity index (χ2n) is 16.8. The number of nitrogens with two attached hydrogens (primary N) is 2. The number of carbonyl (C=O) groups excluding carboxylic acids is 5. The van der Waals surface area contributed by atoms with Crippen LogP contribution in [0.15, 0.2) is 15.1 Å². The number of carbonyl (C=O) groups is 5. The molecule has 0 aromatic rings. The van der Waals surface area contributed by atoms with Crippen molar-refractivity contribution in [2.24, 2.45) is 32.5 Å². The number of hydrogen-bond acceptors (Lipinski definition) is 30. The zero-order valence-electron chi connectivity index (χ0n) is 42.2. The van der Waals surface area contributed by atoms with Crippen molar-refractivity contribution in [3.05, 3.63) is 0 Å². The molecule has 1 saturated heterocycles. The van der Waals surface area contributed by atoms with Gasteiger partial charge in [0.15, 0.2) is 24.4 Å². The SMILES string of the molecule is C.C.C.CCCCNC(=O)[C@H](O)[C@@H](O)[C@H](O)[C@H](O)CO.CNC1CC(N)CC1C(=O)NCCCNC(=O)[C@H](O)[C@@H](O)[C@H](O)[C@H](O)CO.N=NN=NCl.NCCCNC(=O)[C@H](O)[C@@H](O)[C@H](O)[C@H](O)CO.O=C1O[C@H](O)[C@@H](O)[C@H](O)[C@H]1O. The van der Waals surface area contributed by atoms with Crippen LogP contribution in [0.3, 0.4) is 0 Å². The summed E-state index contributed by atoms with van der Waals surface area (Å²) in [5.41, 5.74) is 17.0. The number of rotatable bonds is 28. The highest BCUT2D eigenvalue weighted by Crippen LogP contribution is 2.25. The molecule has 19 atom stereocenters. The van der Waals surface area contributed by atoms with E-state index in [9.17, 15) is 75.0 Å². The second-order valence-corrected chi connectivity index (χ2v) is 16.9. The Morgan fingerprint density at radius 1 is 0.637 bits per heavy atom. The van der Waals surface area contributed by atoms with Gasteiger partial charge in [-0.25, -0.2) is 4.79 Å². The Morgan fingerprint density at radius 3 is 1.34 bits per heavy atom. The quantitative estimate of drug-likeness (QED) is 0.0150. The van der Waals surface area contributed by atoms with Crippen LogP contribution in [0.2, 0.25) is 0 Å². The Bertz CT molecular complexity index is 1620. The fourth-order valence-electron chi connectivity index (χ4n) is 6.15. The van der Waals surface area contributed by atoms with Crippen molar-refractivity contribution in [2.75, 3.05) is 59.6 Å². The lowest BCUT2D eigenvalue weighted by molar-refractivity contribution is -0.242. The van der Waals surface area contributed by atoms with Gasteiger partial charge >= 0.3 is 5.97 Å². The van der Waals surface area contributed by atoms with E-state index in [4.69, 9.17) is 63.0 Å². The number of esters is 1. The highest BCUT2D eigenvalue weighted by atomic mass is 35.5. The summed E-state index contributed by atoms with van der Waals surface area (Å²) < 4.78 is 6.63. The minimum atomic E-state index is -1.97. The van der Waals surface area contributed by atoms with Gasteiger partial charge in [-0.05, 0) is 56.1 Å². The molecule has 0 aromatic heterocycles. The van der Waals surface area contributed by atoms with Crippen molar-refractivity contribution < 1.29 is 126 Å². The Balaban J connectivity index is -0.000000228. The summed E-state index contributed by atoms with van der Waals surface area (Å²) in [7, 11) is 1.79. The number of halogens is 1. The molecule has 0 bridgehead atoms. The first-order valence-electron chi connectivity index (χ1n) is 23.6. The van der Waals surface area contributed by atoms with Gasteiger partial charge in [-0.3, -0.25) is 19.2 Å². The molecule has 1 heterocycles. The molecule has 2 fully saturated rings. The minimum absolute atomic E-state index is 0. The lowest BCUT2D eigenvalue weighted by Gasteiger charge is -2.30. The van der Waals surface area contributed by atoms with Gasteiger partial charge in [0.2, 0.25) is 12.2 Å². The van der Waals surface area contributed by atoms with Crippen molar-refractivity contribution in [1.29, 1.82) is 5.53 Å². The first kappa shape index (κ1) is 87.2. The summed E-state index contributed by atoms with van der Waals surface area (Å²) >= 11 is 4.55. The van der Waals surface area contributed by atoms with Crippen LogP contribution in [0.25, 0.3) is 0 Å². The number of nitrogens with one attached hydrogen (secondary N) is 6. The Labute approximate surface area is 468 Å². The highest BCUT2D eigenvalue weighted by molar-refractivity contribution is 6.13. The van der Waals surface area contributed by atoms with Crippen LogP contribution in [-0.4, -0.2) is 296 Å². The van der Waals surface area contributed by atoms with Crippen LogP contribution < -0.4 is 38.1 Å². The summed E-state index contributed by atoms with van der Waals surface area (Å²) in [5, 5.41) is 191. The summed E-state index contributed by atoms with van der Waals surface area (Å²) in [6.45, 7) is 0.931. The second kappa shape index (κ2) is 49.6. The molecule has 37 heteroatoms. The monoisotopic (exact) mass is 1200 g/mol. The largest absolute Gasteiger partial charge is 0.431 e. The van der Waals surface area contributed by atoms with Crippen LogP contribution in [0.4, 0.5) is 0 Å². The number of nitrogens with zero attached hydrogens (tertiary/aromatic N) is 3. The van der Waals surface area contributed by atoms with Gasteiger partial charge in [-0.1, -0.05) is 40.3 Å². The maximum atomic E-state index is 12.2. The molecule has 478 valence electrons. The molecule has 80 heavy (non-hydrogen) atoms. The van der Waals surface area contributed by atoms with Crippen molar-refractivity contribution >= 4 is 41.4 Å². The Hall–Kier alpha value is -4.04. The molecule has 1 aliphatic heterocycles. The maximum Gasteiger partial charge on any atom is 0.340 e. The van der Waals surface area contributed by atoms with Gasteiger partial charge in [-0.15, -0.1) is 0 Å². The van der Waals surface area contributed by atoms with E-state index in [1.54, 1.807) is 7.05 Å². The van der Waals surface area contributed by atoms with Gasteiger partial charge in [0.25, 0.3) is 17.7 Å². The zero-order valence-corrected chi connectivity index (χ0v) is 42.9. The zero-order chi connectivity index (χ0) is 60.1. The van der Waals surface area contributed by atoms with Crippen LogP contribution in [0.5, 0.6) is 0 Å². The van der Waals surface area contributed by atoms with E-state index in [2.05, 4.69) is 58.2 Å². The number of hydrogen-bond donors (Lipinski definition) is 27. The van der Waals surface area contributed by atoms with E-state index < -0.39 is 141 Å². The van der Waals surface area contributed by atoms with E-state index in [0.717, 1.165) is 19.3 Å². The minimum Gasteiger partial charge on any atom is -0.431 e. The van der Waals surface area contributed by atoms with Gasteiger partial charge in [0, 0.05) is 38.3 Å². The number of amides is 4. The van der Waals surface area contributed by atoms with Crippen molar-refractivity contribution in [3.63, 3.8) is 0 Å². The summed E-state index contributed by atoms with van der Waals surface area (Å²) in [5.74, 6) is -4.09. The van der Waals surface area contributed by atoms with E-state index in [0.29, 0.717) is 38.9 Å². The predicted octanol–water partition coefficient (Wildman–Crippen LogP) is -11.0. The van der Waals surface area contributed by atoms with Crippen LogP contribution >= 0.6 is 11.8 Å². The predicted molar refractivity (Wildman–Crippen MR) is 278 cm³/mol. The molecular formula is C43H94ClN11O25. The van der Waals surface area contributed by atoms with Crippen molar-refractivity contribution in [1.82, 2.24) is 26.6 Å². The first-order chi connectivity index (χ1) is 36.1. The molecule has 0 aromatic carbocycles. The normalized spacial score (nSPS) is 23.6. The van der Waals surface area contributed by atoms with Gasteiger partial charge in [0.05, 0.1) is 37.5 Å². The van der Waals surface area contributed by atoms with Gasteiger partial charge < -0.3 is 140 Å². The van der Waals surface area contributed by atoms with E-state index in [1.807, 2.05) is 6.92 Å². The number of aliphatic hydroxyl groups excluding tert-OH is 19. The standard InChI is InChI=1S/C16H32N4O7.C10H21NO6.C9H20N2O6.C5H8O6.3CH4.ClHN4/c1-18-10-6-8(17)5-9(10)15(26)19-3-2-4-20-16(27)14(25)13(24)12(23)11(22)7-21;1-2-3-4-11-10(17)9(16)8(15)7(14)6(13)5-12;10-2-1-3-11-9(17)8(16)7(15)6(14)5(13)4-12;6-1-2(7)4(9)11-5(10)3(1)8;;;;1-3-5-4-2/h8-14,18,21-25H,2-7,17H2,1H3,(H,19,26)(H,20,27);6-9,12-16H,2-5H2,1H3,(H,11,17);5-8,12-16H,1-4,10H2,(H,11,17);1-4,6-9H;3*1H4;2H/t8?,9?,10?,11-,12-,13+,14-;6-,7-,8+,9-;5-,6-,7+,8-;1-,2-,3+,4-;;;;/m1110..../s1. The molecule has 2 aliphatic rings. The van der Waals surface area contributed by atoms with E-state index >= 15 is 0 Å². The fourth-order valence-corrected chi connectivity index (χ4v) is 6.18. The van der Waals surface area contributed by atoms with Crippen LogP contribution in [0.1, 0.15) is 67.7 Å². The molecule has 1 saturated carbocycles. The number of aliphatic hydroxyl groups is 19. The topological polar surface area (TPSA) is 652 Å². The number of ether oxygens (including phenoxy) is 1. The lowest BCUT2D eigenvalue weighted by atomic mass is 10.0. The Morgan fingerprint density at radius 2 is 1.01 bits per heavy atom. The maximum absolute atomic E-state index is 12.2. The van der Waals surface area contributed by atoms with Gasteiger partial charge in [0.1, 0.15) is 67.1 Å². The molecule has 1 aliphatic carbocycles. The van der Waals surface area contributed by atoms with E-state index in [1.165, 1.54) is 0 Å². The molecule has 3 unspecified atom stereocenters. The average molecular weight is 1200 g/mol. The van der Waals surface area contributed by atoms with Crippen molar-refractivity contribution in [2.45, 2.75) is 178 Å². The van der Waals surface area contributed by atoms with Crippen molar-refractivity contribution in [3.8, 4) is 0 Å². The summed E-state index contributed by atoms with van der Waals surface area (Å²) in [6, 6.07) is 0.0298. The summed E-state index contributed by atoms with van der Waals surface area (Å²) in [6.07, 6.45) is -24.8. The number of unbranched alkanes of at least 4 members (excludes halogenated alkanes) is 1. The average Bonchev–Trinajstić information content (AvgIpc) is 3.82. The first-order valence-corrected chi connectivity index (χ1v) is 24.0. The molecule has 4 amide bonds. The lowest BCUT2D eigenvalue weighted by Crippen LogP contribution is -2.55. The number of cyclic esters (lactones) is 1. The third kappa shape index (κ3) is 33.8. The van der Waals surface area contributed by atoms with Crippen LogP contribution in [-0.2, 0) is 28.7 Å². The fraction of sp³-hybridized carbons (Fsp3) is 0.884. The molecule has 0 spiro atoms.